The zero-order valence-corrected chi connectivity index (χ0v) is 12.8. The van der Waals surface area contributed by atoms with Gasteiger partial charge < -0.3 is 0 Å². The van der Waals surface area contributed by atoms with Crippen molar-refractivity contribution >= 4 is 11.6 Å². The first-order valence-corrected chi connectivity index (χ1v) is 7.49. The van der Waals surface area contributed by atoms with E-state index >= 15 is 0 Å². The van der Waals surface area contributed by atoms with Crippen molar-refractivity contribution in [1.82, 2.24) is 4.90 Å². The highest BCUT2D eigenvalue weighted by atomic mass is 35.5. The molecule has 0 saturated heterocycles. The number of fused-ring (bicyclic) bond motifs is 1. The van der Waals surface area contributed by atoms with Crippen molar-refractivity contribution in [2.24, 2.45) is 0 Å². The van der Waals surface area contributed by atoms with Crippen LogP contribution in [0, 0.1) is 0 Å². The summed E-state index contributed by atoms with van der Waals surface area (Å²) in [6.07, 6.45) is 1.09. The molecule has 0 fully saturated rings. The fraction of sp³-hybridized carbons (Fsp3) is 0.333. The van der Waals surface area contributed by atoms with Crippen LogP contribution in [0.5, 0.6) is 0 Å². The monoisotopic (exact) mass is 285 g/mol. The number of benzene rings is 2. The van der Waals surface area contributed by atoms with Gasteiger partial charge in [-0.15, -0.1) is 0 Å². The summed E-state index contributed by atoms with van der Waals surface area (Å²) in [7, 11) is 0. The number of hydrogen-bond donors (Lipinski definition) is 0. The van der Waals surface area contributed by atoms with E-state index in [0.29, 0.717) is 0 Å². The second-order valence-electron chi connectivity index (χ2n) is 6.21. The van der Waals surface area contributed by atoms with Crippen LogP contribution in [0.4, 0.5) is 0 Å². The Kier molecular flexibility index (Phi) is 3.57. The van der Waals surface area contributed by atoms with E-state index in [1.54, 1.807) is 0 Å². The molecule has 1 heterocycles. The van der Waals surface area contributed by atoms with Gasteiger partial charge in [0.25, 0.3) is 0 Å². The lowest BCUT2D eigenvalue weighted by Crippen LogP contribution is -2.47. The topological polar surface area (TPSA) is 3.24 Å². The first-order chi connectivity index (χ1) is 9.56. The van der Waals surface area contributed by atoms with Crippen LogP contribution in [0.3, 0.4) is 0 Å². The molecular formula is C18H20ClN. The Morgan fingerprint density at radius 2 is 1.65 bits per heavy atom. The second-order valence-corrected chi connectivity index (χ2v) is 6.61. The highest BCUT2D eigenvalue weighted by molar-refractivity contribution is 6.31. The largest absolute Gasteiger partial charge is 0.289 e. The molecule has 0 atom stereocenters. The summed E-state index contributed by atoms with van der Waals surface area (Å²) < 4.78 is 0. The van der Waals surface area contributed by atoms with E-state index < -0.39 is 0 Å². The zero-order valence-electron chi connectivity index (χ0n) is 12.1. The molecule has 3 rings (SSSR count). The van der Waals surface area contributed by atoms with Crippen LogP contribution < -0.4 is 0 Å². The molecule has 0 radical (unpaired) electrons. The fourth-order valence-corrected chi connectivity index (χ4v) is 3.18. The summed E-state index contributed by atoms with van der Waals surface area (Å²) in [6, 6.07) is 16.9. The maximum atomic E-state index is 6.31. The molecule has 0 spiro atoms. The zero-order chi connectivity index (χ0) is 14.2. The standard InChI is InChI=1S/C18H20ClN/c1-18(2)11-14-7-3-4-8-15(14)12-20(18)13-16-9-5-6-10-17(16)19/h3-10H,11-13H2,1-2H3. The third kappa shape index (κ3) is 2.61. The Hall–Kier alpha value is -1.31. The van der Waals surface area contributed by atoms with E-state index in [1.807, 2.05) is 12.1 Å². The van der Waals surface area contributed by atoms with Crippen LogP contribution in [-0.4, -0.2) is 10.4 Å². The lowest BCUT2D eigenvalue weighted by atomic mass is 9.85. The van der Waals surface area contributed by atoms with Crippen molar-refractivity contribution in [1.29, 1.82) is 0 Å². The van der Waals surface area contributed by atoms with Crippen LogP contribution in [0.15, 0.2) is 48.5 Å². The maximum absolute atomic E-state index is 6.31. The maximum Gasteiger partial charge on any atom is 0.0451 e. The number of hydrogen-bond acceptors (Lipinski definition) is 1. The smallest absolute Gasteiger partial charge is 0.0451 e. The van der Waals surface area contributed by atoms with Gasteiger partial charge in [-0.25, -0.2) is 0 Å². The van der Waals surface area contributed by atoms with Crippen molar-refractivity contribution < 1.29 is 0 Å². The predicted molar refractivity (Wildman–Crippen MR) is 84.9 cm³/mol. The van der Waals surface area contributed by atoms with E-state index in [0.717, 1.165) is 24.5 Å². The van der Waals surface area contributed by atoms with Gasteiger partial charge in [0.15, 0.2) is 0 Å². The van der Waals surface area contributed by atoms with Gasteiger partial charge in [-0.3, -0.25) is 4.90 Å². The average Bonchev–Trinajstić information content (AvgIpc) is 2.41. The lowest BCUT2D eigenvalue weighted by Gasteiger charge is -2.43. The quantitative estimate of drug-likeness (QED) is 0.774. The van der Waals surface area contributed by atoms with E-state index in [9.17, 15) is 0 Å². The van der Waals surface area contributed by atoms with Crippen molar-refractivity contribution in [2.75, 3.05) is 0 Å². The third-order valence-electron chi connectivity index (χ3n) is 4.28. The molecule has 20 heavy (non-hydrogen) atoms. The molecule has 0 saturated carbocycles. The van der Waals surface area contributed by atoms with E-state index in [2.05, 4.69) is 55.1 Å². The number of nitrogens with zero attached hydrogens (tertiary/aromatic N) is 1. The Morgan fingerprint density at radius 1 is 1.00 bits per heavy atom. The first kappa shape index (κ1) is 13.7. The predicted octanol–water partition coefficient (Wildman–Crippen LogP) is 4.68. The van der Waals surface area contributed by atoms with E-state index in [4.69, 9.17) is 11.6 Å². The van der Waals surface area contributed by atoms with Crippen molar-refractivity contribution in [3.63, 3.8) is 0 Å². The summed E-state index contributed by atoms with van der Waals surface area (Å²) >= 11 is 6.31. The molecule has 0 aromatic heterocycles. The minimum absolute atomic E-state index is 0.160. The second kappa shape index (κ2) is 5.23. The normalized spacial score (nSPS) is 17.8. The van der Waals surface area contributed by atoms with Gasteiger partial charge in [0.2, 0.25) is 0 Å². The van der Waals surface area contributed by atoms with Crippen molar-refractivity contribution in [3.05, 3.63) is 70.2 Å². The molecular weight excluding hydrogens is 266 g/mol. The van der Waals surface area contributed by atoms with Gasteiger partial charge in [0.05, 0.1) is 0 Å². The van der Waals surface area contributed by atoms with Crippen molar-refractivity contribution in [2.45, 2.75) is 38.9 Å². The SMILES string of the molecule is CC1(C)Cc2ccccc2CN1Cc1ccccc1Cl. The van der Waals surface area contributed by atoms with Gasteiger partial charge in [-0.2, -0.15) is 0 Å². The summed E-state index contributed by atoms with van der Waals surface area (Å²) in [6.45, 7) is 6.54. The Labute approximate surface area is 126 Å². The van der Waals surface area contributed by atoms with Gasteiger partial charge in [-0.05, 0) is 43.0 Å². The van der Waals surface area contributed by atoms with Crippen molar-refractivity contribution in [3.8, 4) is 0 Å². The van der Waals surface area contributed by atoms with Crippen LogP contribution >= 0.6 is 11.6 Å². The number of rotatable bonds is 2. The molecule has 2 aromatic carbocycles. The minimum Gasteiger partial charge on any atom is -0.289 e. The lowest BCUT2D eigenvalue weighted by molar-refractivity contribution is 0.0890. The molecule has 0 unspecified atom stereocenters. The van der Waals surface area contributed by atoms with Gasteiger partial charge in [-0.1, -0.05) is 54.1 Å². The molecule has 0 amide bonds. The van der Waals surface area contributed by atoms with Crippen LogP contribution in [0.25, 0.3) is 0 Å². The molecule has 1 aliphatic rings. The highest BCUT2D eigenvalue weighted by Crippen LogP contribution is 2.32. The van der Waals surface area contributed by atoms with Crippen LogP contribution in [0.1, 0.15) is 30.5 Å². The number of halogens is 1. The molecule has 1 aliphatic heterocycles. The van der Waals surface area contributed by atoms with Gasteiger partial charge >= 0.3 is 0 Å². The molecule has 104 valence electrons. The highest BCUT2D eigenvalue weighted by Gasteiger charge is 2.32. The van der Waals surface area contributed by atoms with Crippen LogP contribution in [-0.2, 0) is 19.5 Å². The molecule has 0 bridgehead atoms. The fourth-order valence-electron chi connectivity index (χ4n) is 2.98. The summed E-state index contributed by atoms with van der Waals surface area (Å²) in [5.41, 5.74) is 4.29. The molecule has 0 N–H and O–H groups in total. The van der Waals surface area contributed by atoms with E-state index in [1.165, 1.54) is 16.7 Å². The van der Waals surface area contributed by atoms with Crippen LogP contribution in [0.2, 0.25) is 5.02 Å². The van der Waals surface area contributed by atoms with Gasteiger partial charge in [0, 0.05) is 23.7 Å². The Balaban J connectivity index is 1.89. The average molecular weight is 286 g/mol. The Bertz CT molecular complexity index is 618. The molecule has 1 nitrogen and oxygen atoms in total. The summed E-state index contributed by atoms with van der Waals surface area (Å²) in [4.78, 5) is 2.52. The summed E-state index contributed by atoms with van der Waals surface area (Å²) in [5, 5.41) is 0.863. The summed E-state index contributed by atoms with van der Waals surface area (Å²) in [5.74, 6) is 0. The van der Waals surface area contributed by atoms with E-state index in [-0.39, 0.29) is 5.54 Å². The van der Waals surface area contributed by atoms with Gasteiger partial charge in [0.1, 0.15) is 0 Å². The third-order valence-corrected chi connectivity index (χ3v) is 4.65. The Morgan fingerprint density at radius 3 is 2.40 bits per heavy atom. The minimum atomic E-state index is 0.160. The molecule has 2 aromatic rings. The molecule has 2 heteroatoms. The first-order valence-electron chi connectivity index (χ1n) is 7.11. The molecule has 0 aliphatic carbocycles.